The zero-order valence-electron chi connectivity index (χ0n) is 14.2. The minimum Gasteiger partial charge on any atom is -0.353 e. The molecule has 1 aromatic rings. The van der Waals surface area contributed by atoms with Crippen LogP contribution in [0.25, 0.3) is 0 Å². The van der Waals surface area contributed by atoms with Crippen LogP contribution in [-0.4, -0.2) is 29.3 Å². The van der Waals surface area contributed by atoms with Crippen LogP contribution < -0.4 is 10.2 Å². The molecule has 1 aromatic carbocycles. The SMILES string of the molecule is O=C(NC(C1CC1)C1CC1)C1CC(=O)N(c2ccc(F)c([N+](=O)[O-])c2)C1. The standard InChI is InChI=1S/C18H20FN3O4/c19-14-6-5-13(8-15(14)22(25)26)21-9-12(7-16(21)23)18(24)20-17(10-1-2-10)11-3-4-11/h5-6,8,10-12,17H,1-4,7,9H2,(H,20,24). The third kappa shape index (κ3) is 3.27. The van der Waals surface area contributed by atoms with Gasteiger partial charge in [-0.15, -0.1) is 0 Å². The molecule has 2 amide bonds. The highest BCUT2D eigenvalue weighted by Gasteiger charge is 2.44. The van der Waals surface area contributed by atoms with Gasteiger partial charge in [0.1, 0.15) is 0 Å². The molecule has 2 aliphatic carbocycles. The van der Waals surface area contributed by atoms with Gasteiger partial charge in [-0.05, 0) is 49.7 Å². The van der Waals surface area contributed by atoms with Crippen molar-refractivity contribution in [2.75, 3.05) is 11.4 Å². The predicted octanol–water partition coefficient (Wildman–Crippen LogP) is 2.39. The van der Waals surface area contributed by atoms with Gasteiger partial charge in [-0.25, -0.2) is 0 Å². The van der Waals surface area contributed by atoms with Gasteiger partial charge < -0.3 is 10.2 Å². The Balaban J connectivity index is 1.45. The van der Waals surface area contributed by atoms with Crippen LogP contribution in [0.1, 0.15) is 32.1 Å². The van der Waals surface area contributed by atoms with E-state index in [0.717, 1.165) is 37.8 Å². The van der Waals surface area contributed by atoms with Gasteiger partial charge in [0.15, 0.2) is 0 Å². The number of hydrogen-bond donors (Lipinski definition) is 1. The van der Waals surface area contributed by atoms with Gasteiger partial charge in [0.2, 0.25) is 17.6 Å². The molecule has 1 saturated heterocycles. The quantitative estimate of drug-likeness (QED) is 0.622. The van der Waals surface area contributed by atoms with E-state index >= 15 is 0 Å². The molecule has 2 saturated carbocycles. The second-order valence-electron chi connectivity index (χ2n) is 7.51. The molecule has 0 spiro atoms. The number of nitro benzene ring substituents is 1. The van der Waals surface area contributed by atoms with Crippen molar-refractivity contribution >= 4 is 23.2 Å². The van der Waals surface area contributed by atoms with Crippen molar-refractivity contribution in [3.05, 3.63) is 34.1 Å². The Hall–Kier alpha value is -2.51. The predicted molar refractivity (Wildman–Crippen MR) is 90.9 cm³/mol. The van der Waals surface area contributed by atoms with Crippen molar-refractivity contribution in [2.24, 2.45) is 17.8 Å². The normalized spacial score (nSPS) is 22.8. The first-order valence-corrected chi connectivity index (χ1v) is 8.98. The van der Waals surface area contributed by atoms with E-state index in [0.29, 0.717) is 11.8 Å². The van der Waals surface area contributed by atoms with Gasteiger partial charge in [-0.3, -0.25) is 19.7 Å². The van der Waals surface area contributed by atoms with Crippen molar-refractivity contribution in [1.82, 2.24) is 5.32 Å². The van der Waals surface area contributed by atoms with Gasteiger partial charge in [0, 0.05) is 25.1 Å². The van der Waals surface area contributed by atoms with Gasteiger partial charge in [-0.1, -0.05) is 0 Å². The van der Waals surface area contributed by atoms with Crippen LogP contribution in [-0.2, 0) is 9.59 Å². The molecule has 138 valence electrons. The summed E-state index contributed by atoms with van der Waals surface area (Å²) in [7, 11) is 0. The molecule has 1 unspecified atom stereocenters. The monoisotopic (exact) mass is 361 g/mol. The molecule has 1 N–H and O–H groups in total. The van der Waals surface area contributed by atoms with E-state index in [1.54, 1.807) is 0 Å². The maximum absolute atomic E-state index is 13.5. The van der Waals surface area contributed by atoms with Crippen LogP contribution >= 0.6 is 0 Å². The van der Waals surface area contributed by atoms with Crippen molar-refractivity contribution < 1.29 is 18.9 Å². The molecule has 3 fully saturated rings. The number of hydrogen-bond acceptors (Lipinski definition) is 4. The van der Waals surface area contributed by atoms with Gasteiger partial charge >= 0.3 is 5.69 Å². The first-order valence-electron chi connectivity index (χ1n) is 8.98. The first kappa shape index (κ1) is 16.9. The molecule has 7 nitrogen and oxygen atoms in total. The number of rotatable bonds is 6. The lowest BCUT2D eigenvalue weighted by atomic mass is 10.0. The zero-order chi connectivity index (χ0) is 18.4. The summed E-state index contributed by atoms with van der Waals surface area (Å²) in [5.74, 6) is -0.691. The molecule has 4 rings (SSSR count). The topological polar surface area (TPSA) is 92.6 Å². The summed E-state index contributed by atoms with van der Waals surface area (Å²) in [6, 6.07) is 3.57. The lowest BCUT2D eigenvalue weighted by Crippen LogP contribution is -2.42. The number of halogens is 1. The Morgan fingerprint density at radius 1 is 1.27 bits per heavy atom. The van der Waals surface area contributed by atoms with E-state index in [-0.39, 0.29) is 36.5 Å². The lowest BCUT2D eigenvalue weighted by molar-refractivity contribution is -0.387. The first-order chi connectivity index (χ1) is 12.4. The maximum Gasteiger partial charge on any atom is 0.306 e. The van der Waals surface area contributed by atoms with E-state index in [1.165, 1.54) is 11.0 Å². The molecule has 1 heterocycles. The van der Waals surface area contributed by atoms with Crippen LogP contribution in [0.2, 0.25) is 0 Å². The second-order valence-corrected chi connectivity index (χ2v) is 7.51. The highest BCUT2D eigenvalue weighted by atomic mass is 19.1. The Kier molecular flexibility index (Phi) is 4.13. The Labute approximate surface area is 149 Å². The average Bonchev–Trinajstić information content (AvgIpc) is 3.51. The van der Waals surface area contributed by atoms with E-state index in [1.807, 2.05) is 0 Å². The highest BCUT2D eigenvalue weighted by molar-refractivity contribution is 6.00. The van der Waals surface area contributed by atoms with Crippen LogP contribution in [0.5, 0.6) is 0 Å². The molecule has 1 aliphatic heterocycles. The fourth-order valence-electron chi connectivity index (χ4n) is 3.76. The molecular formula is C18H20FN3O4. The van der Waals surface area contributed by atoms with Crippen molar-refractivity contribution in [3.63, 3.8) is 0 Å². The molecule has 1 atom stereocenters. The van der Waals surface area contributed by atoms with Crippen molar-refractivity contribution in [1.29, 1.82) is 0 Å². The van der Waals surface area contributed by atoms with E-state index in [9.17, 15) is 24.1 Å². The molecule has 3 aliphatic rings. The van der Waals surface area contributed by atoms with E-state index < -0.39 is 22.3 Å². The molecule has 26 heavy (non-hydrogen) atoms. The number of nitrogens with one attached hydrogen (secondary N) is 1. The number of carbonyl (C=O) groups is 2. The Morgan fingerprint density at radius 2 is 1.92 bits per heavy atom. The van der Waals surface area contributed by atoms with E-state index in [4.69, 9.17) is 0 Å². The van der Waals surface area contributed by atoms with Gasteiger partial charge in [0.05, 0.1) is 16.5 Å². The number of carbonyl (C=O) groups excluding carboxylic acids is 2. The highest BCUT2D eigenvalue weighted by Crippen LogP contribution is 2.44. The Morgan fingerprint density at radius 3 is 2.50 bits per heavy atom. The van der Waals surface area contributed by atoms with Crippen LogP contribution in [0.3, 0.4) is 0 Å². The average molecular weight is 361 g/mol. The number of nitrogens with zero attached hydrogens (tertiary/aromatic N) is 2. The number of amides is 2. The summed E-state index contributed by atoms with van der Waals surface area (Å²) >= 11 is 0. The fraction of sp³-hybridized carbons (Fsp3) is 0.556. The van der Waals surface area contributed by atoms with Gasteiger partial charge in [0.25, 0.3) is 0 Å². The van der Waals surface area contributed by atoms with E-state index in [2.05, 4.69) is 5.32 Å². The molecule has 0 bridgehead atoms. The maximum atomic E-state index is 13.5. The van der Waals surface area contributed by atoms with Crippen LogP contribution in [0, 0.1) is 33.7 Å². The Bertz CT molecular complexity index is 764. The van der Waals surface area contributed by atoms with Crippen LogP contribution in [0.15, 0.2) is 18.2 Å². The molecule has 8 heteroatoms. The fourth-order valence-corrected chi connectivity index (χ4v) is 3.76. The number of benzene rings is 1. The largest absolute Gasteiger partial charge is 0.353 e. The summed E-state index contributed by atoms with van der Waals surface area (Å²) < 4.78 is 13.5. The summed E-state index contributed by atoms with van der Waals surface area (Å²) in [6.45, 7) is 0.162. The summed E-state index contributed by atoms with van der Waals surface area (Å²) in [5, 5.41) is 14.0. The number of anilines is 1. The minimum atomic E-state index is -0.948. The lowest BCUT2D eigenvalue weighted by Gasteiger charge is -2.20. The molecular weight excluding hydrogens is 341 g/mol. The van der Waals surface area contributed by atoms with Crippen molar-refractivity contribution in [2.45, 2.75) is 38.1 Å². The summed E-state index contributed by atoms with van der Waals surface area (Å²) in [4.78, 5) is 36.3. The summed E-state index contributed by atoms with van der Waals surface area (Å²) in [6.07, 6.45) is 4.67. The van der Waals surface area contributed by atoms with Crippen LogP contribution in [0.4, 0.5) is 15.8 Å². The van der Waals surface area contributed by atoms with Crippen molar-refractivity contribution in [3.8, 4) is 0 Å². The third-order valence-electron chi connectivity index (χ3n) is 5.50. The number of nitro groups is 1. The smallest absolute Gasteiger partial charge is 0.306 e. The zero-order valence-corrected chi connectivity index (χ0v) is 14.2. The molecule has 0 aromatic heterocycles. The van der Waals surface area contributed by atoms with Gasteiger partial charge in [-0.2, -0.15) is 4.39 Å². The minimum absolute atomic E-state index is 0.0685. The summed E-state index contributed by atoms with van der Waals surface area (Å²) in [5.41, 5.74) is -0.426. The second kappa shape index (κ2) is 6.34. The molecule has 0 radical (unpaired) electrons. The third-order valence-corrected chi connectivity index (χ3v) is 5.50.